The van der Waals surface area contributed by atoms with E-state index >= 15 is 0 Å². The second-order valence-electron chi connectivity index (χ2n) is 3.41. The zero-order chi connectivity index (χ0) is 10.8. The van der Waals surface area contributed by atoms with Crippen molar-refractivity contribution in [2.45, 2.75) is 26.4 Å². The molecule has 0 spiro atoms. The van der Waals surface area contributed by atoms with E-state index in [2.05, 4.69) is 17.0 Å². The number of nitrogens with zero attached hydrogens (tertiary/aromatic N) is 3. The maximum Gasteiger partial charge on any atom is 0.0798 e. The molecule has 0 amide bonds. The fraction of sp³-hybridized carbons (Fsp3) is 0.400. The molecule has 1 atom stereocenters. The first-order chi connectivity index (χ1) is 7.22. The summed E-state index contributed by atoms with van der Waals surface area (Å²) in [6.45, 7) is 4.91. The van der Waals surface area contributed by atoms with Crippen LogP contribution in [0.5, 0.6) is 0 Å². The van der Waals surface area contributed by atoms with Gasteiger partial charge < -0.3 is 5.73 Å². The van der Waals surface area contributed by atoms with Crippen molar-refractivity contribution in [1.82, 2.24) is 14.8 Å². The first kappa shape index (κ1) is 10.3. The number of rotatable bonds is 3. The second-order valence-corrected chi connectivity index (χ2v) is 4.30. The van der Waals surface area contributed by atoms with Crippen LogP contribution in [0.25, 0.3) is 0 Å². The molecule has 0 fully saturated rings. The lowest BCUT2D eigenvalue weighted by atomic mass is 10.1. The van der Waals surface area contributed by atoms with Crippen LogP contribution >= 0.6 is 11.3 Å². The van der Waals surface area contributed by atoms with Crippen LogP contribution in [0.3, 0.4) is 0 Å². The molecular weight excluding hydrogens is 208 g/mol. The summed E-state index contributed by atoms with van der Waals surface area (Å²) in [6, 6.07) is -0.0993. The molecule has 0 aliphatic heterocycles. The fourth-order valence-electron chi connectivity index (χ4n) is 1.47. The SMILES string of the molecule is CCn1cc(C(N)c2scnc2C)cn1. The van der Waals surface area contributed by atoms with E-state index in [4.69, 9.17) is 5.73 Å². The third-order valence-corrected chi connectivity index (χ3v) is 3.42. The molecule has 2 aromatic heterocycles. The molecule has 5 heteroatoms. The van der Waals surface area contributed by atoms with Crippen molar-refractivity contribution in [3.05, 3.63) is 34.0 Å². The summed E-state index contributed by atoms with van der Waals surface area (Å²) in [5.41, 5.74) is 10.0. The molecule has 0 aliphatic carbocycles. The van der Waals surface area contributed by atoms with E-state index in [-0.39, 0.29) is 6.04 Å². The predicted molar refractivity (Wildman–Crippen MR) is 60.8 cm³/mol. The van der Waals surface area contributed by atoms with Crippen LogP contribution in [0, 0.1) is 6.92 Å². The van der Waals surface area contributed by atoms with Gasteiger partial charge >= 0.3 is 0 Å². The molecule has 0 bridgehead atoms. The van der Waals surface area contributed by atoms with E-state index in [9.17, 15) is 0 Å². The number of aryl methyl sites for hydroxylation is 2. The van der Waals surface area contributed by atoms with Gasteiger partial charge in [0, 0.05) is 23.2 Å². The Balaban J connectivity index is 2.28. The molecule has 1 unspecified atom stereocenters. The smallest absolute Gasteiger partial charge is 0.0798 e. The molecule has 2 aromatic rings. The van der Waals surface area contributed by atoms with Crippen molar-refractivity contribution in [2.24, 2.45) is 5.73 Å². The van der Waals surface area contributed by atoms with Crippen LogP contribution in [0.4, 0.5) is 0 Å². The first-order valence-corrected chi connectivity index (χ1v) is 5.78. The third-order valence-electron chi connectivity index (χ3n) is 2.40. The summed E-state index contributed by atoms with van der Waals surface area (Å²) in [5, 5.41) is 4.22. The average molecular weight is 222 g/mol. The zero-order valence-corrected chi connectivity index (χ0v) is 9.66. The van der Waals surface area contributed by atoms with E-state index in [1.165, 1.54) is 0 Å². The zero-order valence-electron chi connectivity index (χ0n) is 8.84. The molecule has 4 nitrogen and oxygen atoms in total. The predicted octanol–water partition coefficient (Wildman–Crippen LogP) is 1.72. The van der Waals surface area contributed by atoms with Crippen molar-refractivity contribution in [1.29, 1.82) is 0 Å². The van der Waals surface area contributed by atoms with Gasteiger partial charge in [-0.3, -0.25) is 4.68 Å². The van der Waals surface area contributed by atoms with Gasteiger partial charge in [-0.2, -0.15) is 5.10 Å². The van der Waals surface area contributed by atoms with Crippen LogP contribution < -0.4 is 5.73 Å². The van der Waals surface area contributed by atoms with E-state index in [1.54, 1.807) is 11.3 Å². The average Bonchev–Trinajstić information content (AvgIpc) is 2.84. The van der Waals surface area contributed by atoms with Gasteiger partial charge in [0.25, 0.3) is 0 Å². The Labute approximate surface area is 92.8 Å². The maximum absolute atomic E-state index is 6.15. The van der Waals surface area contributed by atoms with Crippen LogP contribution in [-0.2, 0) is 6.54 Å². The van der Waals surface area contributed by atoms with Crippen molar-refractivity contribution in [2.75, 3.05) is 0 Å². The van der Waals surface area contributed by atoms with E-state index in [0.717, 1.165) is 22.7 Å². The molecule has 0 radical (unpaired) electrons. The van der Waals surface area contributed by atoms with Crippen LogP contribution in [0.1, 0.15) is 29.1 Å². The van der Waals surface area contributed by atoms with Crippen molar-refractivity contribution in [3.63, 3.8) is 0 Å². The Morgan fingerprint density at radius 2 is 2.40 bits per heavy atom. The number of aromatic nitrogens is 3. The molecule has 15 heavy (non-hydrogen) atoms. The quantitative estimate of drug-likeness (QED) is 0.860. The molecule has 2 heterocycles. The Kier molecular flexibility index (Phi) is 2.83. The Bertz CT molecular complexity index is 446. The molecule has 80 valence electrons. The monoisotopic (exact) mass is 222 g/mol. The molecular formula is C10H14N4S. The van der Waals surface area contributed by atoms with Gasteiger partial charge in [-0.1, -0.05) is 0 Å². The topological polar surface area (TPSA) is 56.7 Å². The largest absolute Gasteiger partial charge is 0.319 e. The number of nitrogens with two attached hydrogens (primary N) is 1. The van der Waals surface area contributed by atoms with Gasteiger partial charge in [0.1, 0.15) is 0 Å². The number of hydrogen-bond donors (Lipinski definition) is 1. The first-order valence-electron chi connectivity index (χ1n) is 4.90. The van der Waals surface area contributed by atoms with Crippen LogP contribution in [0.15, 0.2) is 17.9 Å². The minimum absolute atomic E-state index is 0.0993. The van der Waals surface area contributed by atoms with Crippen molar-refractivity contribution >= 4 is 11.3 Å². The summed E-state index contributed by atoms with van der Waals surface area (Å²) >= 11 is 1.60. The Hall–Kier alpha value is -1.20. The van der Waals surface area contributed by atoms with Crippen LogP contribution in [-0.4, -0.2) is 14.8 Å². The molecule has 2 N–H and O–H groups in total. The fourth-order valence-corrected chi connectivity index (χ4v) is 2.30. The third kappa shape index (κ3) is 1.93. The van der Waals surface area contributed by atoms with Gasteiger partial charge in [0.05, 0.1) is 23.4 Å². The minimum atomic E-state index is -0.0993. The lowest BCUT2D eigenvalue weighted by Gasteiger charge is -2.06. The molecule has 0 aromatic carbocycles. The lowest BCUT2D eigenvalue weighted by Crippen LogP contribution is -2.10. The highest BCUT2D eigenvalue weighted by Crippen LogP contribution is 2.25. The van der Waals surface area contributed by atoms with E-state index in [0.29, 0.717) is 0 Å². The van der Waals surface area contributed by atoms with E-state index in [1.807, 2.05) is 29.5 Å². The summed E-state index contributed by atoms with van der Waals surface area (Å²) in [6.07, 6.45) is 3.82. The minimum Gasteiger partial charge on any atom is -0.319 e. The molecule has 0 aliphatic rings. The highest BCUT2D eigenvalue weighted by atomic mass is 32.1. The Morgan fingerprint density at radius 3 is 2.93 bits per heavy atom. The molecule has 2 rings (SSSR count). The van der Waals surface area contributed by atoms with Gasteiger partial charge in [0.15, 0.2) is 0 Å². The molecule has 0 saturated heterocycles. The van der Waals surface area contributed by atoms with Crippen molar-refractivity contribution in [3.8, 4) is 0 Å². The highest BCUT2D eigenvalue weighted by molar-refractivity contribution is 7.09. The normalized spacial score (nSPS) is 13.0. The van der Waals surface area contributed by atoms with Crippen molar-refractivity contribution < 1.29 is 0 Å². The summed E-state index contributed by atoms with van der Waals surface area (Å²) in [7, 11) is 0. The number of hydrogen-bond acceptors (Lipinski definition) is 4. The second kappa shape index (κ2) is 4.12. The summed E-state index contributed by atoms with van der Waals surface area (Å²) in [5.74, 6) is 0. The lowest BCUT2D eigenvalue weighted by molar-refractivity contribution is 0.658. The number of thiazole rings is 1. The summed E-state index contributed by atoms with van der Waals surface area (Å²) in [4.78, 5) is 5.32. The van der Waals surface area contributed by atoms with Gasteiger partial charge in [0.2, 0.25) is 0 Å². The van der Waals surface area contributed by atoms with Gasteiger partial charge in [-0.05, 0) is 13.8 Å². The van der Waals surface area contributed by atoms with E-state index < -0.39 is 0 Å². The summed E-state index contributed by atoms with van der Waals surface area (Å²) < 4.78 is 1.88. The van der Waals surface area contributed by atoms with Crippen LogP contribution in [0.2, 0.25) is 0 Å². The Morgan fingerprint density at radius 1 is 1.60 bits per heavy atom. The van der Waals surface area contributed by atoms with Gasteiger partial charge in [-0.15, -0.1) is 11.3 Å². The highest BCUT2D eigenvalue weighted by Gasteiger charge is 2.15. The maximum atomic E-state index is 6.15. The molecule has 0 saturated carbocycles. The standard InChI is InChI=1S/C10H14N4S/c1-3-14-5-8(4-13-14)9(11)10-7(2)12-6-15-10/h4-6,9H,3,11H2,1-2H3. The van der Waals surface area contributed by atoms with Gasteiger partial charge in [-0.25, -0.2) is 4.98 Å².